The first kappa shape index (κ1) is 19.5. The highest BCUT2D eigenvalue weighted by atomic mass is 28.4. The normalized spacial score (nSPS) is 12.7. The first-order valence-electron chi connectivity index (χ1n) is 6.32. The van der Waals surface area contributed by atoms with Crippen molar-refractivity contribution in [1.82, 2.24) is 0 Å². The molecule has 0 spiro atoms. The largest absolute Gasteiger partial charge is 0.500 e. The van der Waals surface area contributed by atoms with Crippen LogP contribution in [0.2, 0.25) is 6.04 Å². The molecule has 0 bridgehead atoms. The molecule has 0 aromatic heterocycles. The molecule has 21 heavy (non-hydrogen) atoms. The molecule has 0 aliphatic heterocycles. The second-order valence-electron chi connectivity index (χ2n) is 4.21. The molecule has 8 heteroatoms. The summed E-state index contributed by atoms with van der Waals surface area (Å²) in [6, 6.07) is 0.397. The number of carboxylic acids is 2. The summed E-state index contributed by atoms with van der Waals surface area (Å²) in [7, 11) is 1.61. The van der Waals surface area contributed by atoms with Crippen molar-refractivity contribution < 1.29 is 33.1 Å². The standard InChI is InChI=1S/C13H22O7Si/c1-5-7-10(12(14)15)11(13(16)17)8-6-9-21(18-2,19-3)20-4/h5H,1,6-9H2,2-4H3,(H,14,15)(H,16,17)/b11-10+. The van der Waals surface area contributed by atoms with E-state index >= 15 is 0 Å². The lowest BCUT2D eigenvalue weighted by Crippen LogP contribution is -2.42. The van der Waals surface area contributed by atoms with Gasteiger partial charge < -0.3 is 23.5 Å². The Bertz CT molecular complexity index is 404. The number of aliphatic carboxylic acids is 2. The Morgan fingerprint density at radius 2 is 1.52 bits per heavy atom. The molecule has 0 radical (unpaired) electrons. The predicted octanol–water partition coefficient (Wildman–Crippen LogP) is 1.69. The number of hydrogen-bond donors (Lipinski definition) is 2. The third kappa shape index (κ3) is 5.80. The van der Waals surface area contributed by atoms with E-state index in [4.69, 9.17) is 18.4 Å². The third-order valence-corrected chi connectivity index (χ3v) is 5.90. The minimum absolute atomic E-state index is 0.00162. The van der Waals surface area contributed by atoms with Gasteiger partial charge in [0.25, 0.3) is 0 Å². The van der Waals surface area contributed by atoms with Crippen molar-refractivity contribution in [3.05, 3.63) is 23.8 Å². The number of rotatable bonds is 11. The fourth-order valence-electron chi connectivity index (χ4n) is 1.91. The predicted molar refractivity (Wildman–Crippen MR) is 77.9 cm³/mol. The van der Waals surface area contributed by atoms with Crippen molar-refractivity contribution in [3.8, 4) is 0 Å². The molecule has 0 aromatic carbocycles. The lowest BCUT2D eigenvalue weighted by atomic mass is 10.0. The smallest absolute Gasteiger partial charge is 0.478 e. The van der Waals surface area contributed by atoms with Gasteiger partial charge >= 0.3 is 20.7 Å². The van der Waals surface area contributed by atoms with Gasteiger partial charge in [0.05, 0.1) is 5.57 Å². The van der Waals surface area contributed by atoms with Gasteiger partial charge in [-0.25, -0.2) is 9.59 Å². The maximum Gasteiger partial charge on any atom is 0.500 e. The summed E-state index contributed by atoms with van der Waals surface area (Å²) < 4.78 is 15.7. The highest BCUT2D eigenvalue weighted by Crippen LogP contribution is 2.22. The molecule has 0 unspecified atom stereocenters. The summed E-state index contributed by atoms with van der Waals surface area (Å²) in [5.74, 6) is -2.49. The fraction of sp³-hybridized carbons (Fsp3) is 0.538. The van der Waals surface area contributed by atoms with Crippen LogP contribution in [0.1, 0.15) is 19.3 Å². The zero-order valence-corrected chi connectivity index (χ0v) is 13.5. The van der Waals surface area contributed by atoms with Gasteiger partial charge in [0.1, 0.15) is 0 Å². The van der Waals surface area contributed by atoms with E-state index in [0.29, 0.717) is 12.5 Å². The molecule has 0 aliphatic carbocycles. The molecular formula is C13H22O7Si. The first-order valence-corrected chi connectivity index (χ1v) is 8.25. The zero-order valence-electron chi connectivity index (χ0n) is 12.5. The number of carboxylic acid groups (broad SMARTS) is 2. The average molecular weight is 318 g/mol. The second kappa shape index (κ2) is 9.45. The van der Waals surface area contributed by atoms with E-state index in [9.17, 15) is 14.7 Å². The van der Waals surface area contributed by atoms with Gasteiger partial charge in [-0.1, -0.05) is 6.08 Å². The van der Waals surface area contributed by atoms with E-state index in [1.165, 1.54) is 27.4 Å². The molecular weight excluding hydrogens is 296 g/mol. The van der Waals surface area contributed by atoms with Crippen molar-refractivity contribution in [2.75, 3.05) is 21.3 Å². The van der Waals surface area contributed by atoms with E-state index in [0.717, 1.165) is 0 Å². The summed E-state index contributed by atoms with van der Waals surface area (Å²) in [5.41, 5.74) is -0.286. The van der Waals surface area contributed by atoms with Gasteiger partial charge in [-0.15, -0.1) is 6.58 Å². The quantitative estimate of drug-likeness (QED) is 0.339. The Labute approximate surface area is 125 Å². The van der Waals surface area contributed by atoms with Crippen molar-refractivity contribution in [2.24, 2.45) is 0 Å². The number of carbonyl (C=O) groups is 2. The molecule has 120 valence electrons. The summed E-state index contributed by atoms with van der Waals surface area (Å²) in [4.78, 5) is 22.4. The molecule has 0 aromatic rings. The minimum atomic E-state index is -2.78. The molecule has 0 saturated heterocycles. The summed E-state index contributed by atoms with van der Waals surface area (Å²) in [5, 5.41) is 18.3. The van der Waals surface area contributed by atoms with Crippen LogP contribution in [0.5, 0.6) is 0 Å². The summed E-state index contributed by atoms with van der Waals surface area (Å²) in [6.45, 7) is 3.44. The molecule has 0 amide bonds. The van der Waals surface area contributed by atoms with E-state index in [-0.39, 0.29) is 24.0 Å². The Hall–Kier alpha value is -1.48. The van der Waals surface area contributed by atoms with Gasteiger partial charge in [0.15, 0.2) is 0 Å². The molecule has 0 fully saturated rings. The maximum absolute atomic E-state index is 11.2. The third-order valence-electron chi connectivity index (χ3n) is 3.07. The summed E-state index contributed by atoms with van der Waals surface area (Å²) >= 11 is 0. The Balaban J connectivity index is 5.04. The van der Waals surface area contributed by atoms with Crippen molar-refractivity contribution in [3.63, 3.8) is 0 Å². The highest BCUT2D eigenvalue weighted by Gasteiger charge is 2.37. The molecule has 0 heterocycles. The fourth-order valence-corrected chi connectivity index (χ4v) is 3.63. The monoisotopic (exact) mass is 318 g/mol. The van der Waals surface area contributed by atoms with Crippen molar-refractivity contribution in [1.29, 1.82) is 0 Å². The molecule has 0 saturated carbocycles. The van der Waals surface area contributed by atoms with Crippen LogP contribution < -0.4 is 0 Å². The Morgan fingerprint density at radius 1 is 1.05 bits per heavy atom. The van der Waals surface area contributed by atoms with Crippen LogP contribution in [0.25, 0.3) is 0 Å². The summed E-state index contributed by atoms with van der Waals surface area (Å²) in [6.07, 6.45) is 1.84. The van der Waals surface area contributed by atoms with Crippen LogP contribution in [-0.2, 0) is 22.9 Å². The van der Waals surface area contributed by atoms with Gasteiger partial charge in [-0.05, 0) is 19.3 Å². The molecule has 0 atom stereocenters. The van der Waals surface area contributed by atoms with E-state index in [1.807, 2.05) is 0 Å². The van der Waals surface area contributed by atoms with Crippen LogP contribution in [0.4, 0.5) is 0 Å². The Kier molecular flexibility index (Phi) is 8.79. The van der Waals surface area contributed by atoms with Gasteiger partial charge in [-0.3, -0.25) is 0 Å². The lowest BCUT2D eigenvalue weighted by molar-refractivity contribution is -0.136. The Morgan fingerprint density at radius 3 is 1.86 bits per heavy atom. The van der Waals surface area contributed by atoms with Crippen LogP contribution in [-0.4, -0.2) is 52.3 Å². The topological polar surface area (TPSA) is 102 Å². The van der Waals surface area contributed by atoms with Crippen LogP contribution >= 0.6 is 0 Å². The van der Waals surface area contributed by atoms with E-state index in [1.54, 1.807) is 0 Å². The number of hydrogen-bond acceptors (Lipinski definition) is 5. The zero-order chi connectivity index (χ0) is 16.5. The number of allylic oxidation sites excluding steroid dienone is 1. The highest BCUT2D eigenvalue weighted by molar-refractivity contribution is 6.60. The van der Waals surface area contributed by atoms with Crippen LogP contribution in [0.15, 0.2) is 23.8 Å². The second-order valence-corrected chi connectivity index (χ2v) is 7.30. The van der Waals surface area contributed by atoms with Crippen LogP contribution in [0.3, 0.4) is 0 Å². The maximum atomic E-state index is 11.2. The van der Waals surface area contributed by atoms with E-state index in [2.05, 4.69) is 6.58 Å². The van der Waals surface area contributed by atoms with E-state index < -0.39 is 20.7 Å². The molecule has 0 rings (SSSR count). The SMILES string of the molecule is C=CC/C(C(=O)O)=C(/CCC[Si](OC)(OC)OC)C(=O)O. The average Bonchev–Trinajstić information content (AvgIpc) is 2.46. The molecule has 2 N–H and O–H groups in total. The van der Waals surface area contributed by atoms with Crippen molar-refractivity contribution >= 4 is 20.7 Å². The lowest BCUT2D eigenvalue weighted by Gasteiger charge is -2.24. The molecule has 0 aliphatic rings. The first-order chi connectivity index (χ1) is 9.87. The van der Waals surface area contributed by atoms with Gasteiger partial charge in [0.2, 0.25) is 0 Å². The minimum Gasteiger partial charge on any atom is -0.478 e. The van der Waals surface area contributed by atoms with Crippen molar-refractivity contribution in [2.45, 2.75) is 25.3 Å². The van der Waals surface area contributed by atoms with Crippen LogP contribution in [0, 0.1) is 0 Å². The van der Waals surface area contributed by atoms with Gasteiger partial charge in [-0.2, -0.15) is 0 Å². The molecule has 7 nitrogen and oxygen atoms in total. The van der Waals surface area contributed by atoms with Gasteiger partial charge in [0, 0.05) is 32.9 Å².